The lowest BCUT2D eigenvalue weighted by Gasteiger charge is -2.17. The Kier molecular flexibility index (Phi) is 4.77. The summed E-state index contributed by atoms with van der Waals surface area (Å²) in [6.07, 6.45) is 1.96. The Hall–Kier alpha value is -2.40. The summed E-state index contributed by atoms with van der Waals surface area (Å²) in [4.78, 5) is 23.5. The first-order valence-electron chi connectivity index (χ1n) is 8.01. The Balaban J connectivity index is 1.70. The topological polar surface area (TPSA) is 58.2 Å². The second kappa shape index (κ2) is 6.84. The lowest BCUT2D eigenvalue weighted by Crippen LogP contribution is -2.32. The molecule has 2 amide bonds. The number of hydrogen-bond acceptors (Lipinski definition) is 2. The van der Waals surface area contributed by atoms with Crippen molar-refractivity contribution in [3.8, 4) is 0 Å². The molecule has 1 fully saturated rings. The van der Waals surface area contributed by atoms with E-state index in [0.29, 0.717) is 17.1 Å². The molecule has 0 heterocycles. The number of rotatable bonds is 5. The van der Waals surface area contributed by atoms with Crippen molar-refractivity contribution in [3.05, 3.63) is 64.4 Å². The molecule has 2 aromatic carbocycles. The molecule has 0 atom stereocenters. The molecular weight excluding hydrogens is 343 g/mol. The second-order valence-corrected chi connectivity index (χ2v) is 6.79. The van der Waals surface area contributed by atoms with Gasteiger partial charge in [0.2, 0.25) is 5.91 Å². The molecule has 6 heteroatoms. The highest BCUT2D eigenvalue weighted by molar-refractivity contribution is 6.30. The first-order valence-corrected chi connectivity index (χ1v) is 8.39. The van der Waals surface area contributed by atoms with Crippen LogP contribution in [0.1, 0.15) is 35.7 Å². The molecule has 0 radical (unpaired) electrons. The number of carbonyl (C=O) groups is 2. The molecule has 0 aliphatic heterocycles. The second-order valence-electron chi connectivity index (χ2n) is 6.35. The lowest BCUT2D eigenvalue weighted by atomic mass is 9.96. The van der Waals surface area contributed by atoms with Gasteiger partial charge in [-0.1, -0.05) is 23.7 Å². The van der Waals surface area contributed by atoms with Crippen LogP contribution in [0.5, 0.6) is 0 Å². The van der Waals surface area contributed by atoms with E-state index in [2.05, 4.69) is 10.6 Å². The van der Waals surface area contributed by atoms with Crippen LogP contribution in [0.2, 0.25) is 5.02 Å². The molecule has 1 saturated carbocycles. The van der Waals surface area contributed by atoms with Gasteiger partial charge in [-0.25, -0.2) is 4.39 Å². The summed E-state index contributed by atoms with van der Waals surface area (Å²) in [6, 6.07) is 11.6. The Morgan fingerprint density at radius 3 is 2.60 bits per heavy atom. The van der Waals surface area contributed by atoms with E-state index in [4.69, 9.17) is 11.6 Å². The zero-order valence-corrected chi connectivity index (χ0v) is 14.5. The van der Waals surface area contributed by atoms with Crippen LogP contribution in [0.3, 0.4) is 0 Å². The summed E-state index contributed by atoms with van der Waals surface area (Å²) in [5.74, 6) is -1.28. The maximum Gasteiger partial charge on any atom is 0.251 e. The number of carbonyl (C=O) groups excluding carboxylic acids is 2. The Labute approximate surface area is 150 Å². The fourth-order valence-electron chi connectivity index (χ4n) is 2.84. The van der Waals surface area contributed by atoms with Crippen LogP contribution in [-0.4, -0.2) is 18.4 Å². The SMILES string of the molecule is CC(=O)Nc1cc(C(=O)NCC2(c3cccc(Cl)c3)CC2)ccc1F. The van der Waals surface area contributed by atoms with Gasteiger partial charge in [-0.05, 0) is 48.7 Å². The van der Waals surface area contributed by atoms with Crippen molar-refractivity contribution in [2.45, 2.75) is 25.2 Å². The van der Waals surface area contributed by atoms with E-state index in [1.807, 2.05) is 24.3 Å². The van der Waals surface area contributed by atoms with E-state index in [9.17, 15) is 14.0 Å². The fourth-order valence-corrected chi connectivity index (χ4v) is 3.03. The highest BCUT2D eigenvalue weighted by Crippen LogP contribution is 2.48. The Morgan fingerprint density at radius 1 is 1.20 bits per heavy atom. The number of amides is 2. The van der Waals surface area contributed by atoms with Crippen molar-refractivity contribution in [2.75, 3.05) is 11.9 Å². The van der Waals surface area contributed by atoms with Gasteiger partial charge in [0.05, 0.1) is 5.69 Å². The molecule has 2 N–H and O–H groups in total. The number of nitrogens with one attached hydrogen (secondary N) is 2. The van der Waals surface area contributed by atoms with Crippen LogP contribution in [-0.2, 0) is 10.2 Å². The lowest BCUT2D eigenvalue weighted by molar-refractivity contribution is -0.114. The predicted molar refractivity (Wildman–Crippen MR) is 95.4 cm³/mol. The van der Waals surface area contributed by atoms with E-state index < -0.39 is 11.7 Å². The van der Waals surface area contributed by atoms with E-state index in [1.165, 1.54) is 25.1 Å². The summed E-state index contributed by atoms with van der Waals surface area (Å²) in [7, 11) is 0. The van der Waals surface area contributed by atoms with Crippen molar-refractivity contribution >= 4 is 29.1 Å². The zero-order chi connectivity index (χ0) is 18.0. The average molecular weight is 361 g/mol. The molecule has 4 nitrogen and oxygen atoms in total. The van der Waals surface area contributed by atoms with Crippen LogP contribution in [0, 0.1) is 5.82 Å². The Bertz CT molecular complexity index is 834. The van der Waals surface area contributed by atoms with Crippen molar-refractivity contribution in [1.29, 1.82) is 0 Å². The summed E-state index contributed by atoms with van der Waals surface area (Å²) < 4.78 is 13.7. The molecule has 0 saturated heterocycles. The molecular formula is C19H18ClFN2O2. The summed E-state index contributed by atoms with van der Waals surface area (Å²) in [6.45, 7) is 1.77. The van der Waals surface area contributed by atoms with Crippen molar-refractivity contribution in [2.24, 2.45) is 0 Å². The minimum absolute atomic E-state index is 0.00359. The monoisotopic (exact) mass is 360 g/mol. The van der Waals surface area contributed by atoms with E-state index in [1.54, 1.807) is 0 Å². The van der Waals surface area contributed by atoms with Gasteiger partial charge in [0, 0.05) is 29.5 Å². The third-order valence-corrected chi connectivity index (χ3v) is 4.65. The van der Waals surface area contributed by atoms with Gasteiger partial charge in [0.25, 0.3) is 5.91 Å². The third-order valence-electron chi connectivity index (χ3n) is 4.42. The van der Waals surface area contributed by atoms with Crippen LogP contribution in [0.15, 0.2) is 42.5 Å². The number of anilines is 1. The molecule has 0 aromatic heterocycles. The molecule has 0 spiro atoms. The quantitative estimate of drug-likeness (QED) is 0.849. The molecule has 25 heavy (non-hydrogen) atoms. The zero-order valence-electron chi connectivity index (χ0n) is 13.7. The fraction of sp³-hybridized carbons (Fsp3) is 0.263. The van der Waals surface area contributed by atoms with Gasteiger partial charge in [0.15, 0.2) is 0 Å². The van der Waals surface area contributed by atoms with Gasteiger partial charge in [-0.3, -0.25) is 9.59 Å². The summed E-state index contributed by atoms with van der Waals surface area (Å²) >= 11 is 6.05. The van der Waals surface area contributed by atoms with E-state index in [-0.39, 0.29) is 17.0 Å². The minimum Gasteiger partial charge on any atom is -0.351 e. The summed E-state index contributed by atoms with van der Waals surface area (Å²) in [5, 5.41) is 5.95. The molecule has 130 valence electrons. The van der Waals surface area contributed by atoms with Gasteiger partial charge in [-0.15, -0.1) is 0 Å². The van der Waals surface area contributed by atoms with Gasteiger partial charge >= 0.3 is 0 Å². The van der Waals surface area contributed by atoms with Gasteiger partial charge in [-0.2, -0.15) is 0 Å². The highest BCUT2D eigenvalue weighted by atomic mass is 35.5. The highest BCUT2D eigenvalue weighted by Gasteiger charge is 2.44. The average Bonchev–Trinajstić information content (AvgIpc) is 3.35. The van der Waals surface area contributed by atoms with Crippen LogP contribution < -0.4 is 10.6 Å². The first-order chi connectivity index (χ1) is 11.9. The minimum atomic E-state index is -0.579. The number of benzene rings is 2. The third kappa shape index (κ3) is 3.99. The molecule has 0 bridgehead atoms. The van der Waals surface area contributed by atoms with Crippen LogP contribution in [0.25, 0.3) is 0 Å². The maximum absolute atomic E-state index is 13.7. The standard InChI is InChI=1S/C19H18ClFN2O2/c1-12(24)23-17-9-13(5-6-16(17)21)18(25)22-11-19(7-8-19)14-3-2-4-15(20)10-14/h2-6,9-10H,7-8,11H2,1H3,(H,22,25)(H,23,24). The predicted octanol–water partition coefficient (Wildman–Crippen LogP) is 3.90. The largest absolute Gasteiger partial charge is 0.351 e. The van der Waals surface area contributed by atoms with Crippen molar-refractivity contribution in [1.82, 2.24) is 5.32 Å². The maximum atomic E-state index is 13.7. The van der Waals surface area contributed by atoms with Crippen LogP contribution >= 0.6 is 11.6 Å². The van der Waals surface area contributed by atoms with E-state index in [0.717, 1.165) is 18.4 Å². The number of halogens is 2. The normalized spacial score (nSPS) is 14.7. The number of hydrogen-bond donors (Lipinski definition) is 2. The van der Waals surface area contributed by atoms with Crippen molar-refractivity contribution in [3.63, 3.8) is 0 Å². The molecule has 3 rings (SSSR count). The Morgan fingerprint density at radius 2 is 1.96 bits per heavy atom. The molecule has 1 aliphatic carbocycles. The van der Waals surface area contributed by atoms with Gasteiger partial charge < -0.3 is 10.6 Å². The molecule has 2 aromatic rings. The van der Waals surface area contributed by atoms with Crippen LogP contribution in [0.4, 0.5) is 10.1 Å². The summed E-state index contributed by atoms with van der Waals surface area (Å²) in [5.41, 5.74) is 1.32. The van der Waals surface area contributed by atoms with Gasteiger partial charge in [0.1, 0.15) is 5.82 Å². The first kappa shape index (κ1) is 17.4. The van der Waals surface area contributed by atoms with E-state index >= 15 is 0 Å². The molecule has 1 aliphatic rings. The molecule has 0 unspecified atom stereocenters. The smallest absolute Gasteiger partial charge is 0.251 e. The van der Waals surface area contributed by atoms with Crippen molar-refractivity contribution < 1.29 is 14.0 Å².